The molecular weight excluding hydrogens is 224 g/mol. The van der Waals surface area contributed by atoms with Crippen LogP contribution in [0.4, 0.5) is 0 Å². The fourth-order valence-electron chi connectivity index (χ4n) is 3.15. The van der Waals surface area contributed by atoms with Crippen molar-refractivity contribution in [1.29, 1.82) is 0 Å². The van der Waals surface area contributed by atoms with Gasteiger partial charge in [-0.1, -0.05) is 6.42 Å². The summed E-state index contributed by atoms with van der Waals surface area (Å²) in [7, 11) is 0. The molecule has 0 amide bonds. The number of piperidine rings is 1. The van der Waals surface area contributed by atoms with Crippen molar-refractivity contribution in [2.75, 3.05) is 6.54 Å². The second kappa shape index (κ2) is 5.02. The van der Waals surface area contributed by atoms with Crippen LogP contribution in [0.2, 0.25) is 0 Å². The molecule has 4 nitrogen and oxygen atoms in total. The summed E-state index contributed by atoms with van der Waals surface area (Å²) in [6.45, 7) is 4.34. The standard InChI is InChI=1S/C14H24N4/c1-11(15)14-4-2-3-7-17(14)9-13-8-16-10-18(13)12-5-6-12/h8,10-12,14H,2-7,9,15H2,1H3. The van der Waals surface area contributed by atoms with Gasteiger partial charge in [-0.05, 0) is 39.2 Å². The summed E-state index contributed by atoms with van der Waals surface area (Å²) in [5.41, 5.74) is 7.50. The van der Waals surface area contributed by atoms with Crippen molar-refractivity contribution in [2.24, 2.45) is 5.73 Å². The maximum Gasteiger partial charge on any atom is 0.0951 e. The lowest BCUT2D eigenvalue weighted by molar-refractivity contribution is 0.120. The summed E-state index contributed by atoms with van der Waals surface area (Å²) in [5, 5.41) is 0. The van der Waals surface area contributed by atoms with E-state index in [-0.39, 0.29) is 6.04 Å². The maximum atomic E-state index is 6.13. The zero-order valence-corrected chi connectivity index (χ0v) is 11.3. The number of nitrogens with zero attached hydrogens (tertiary/aromatic N) is 3. The summed E-state index contributed by atoms with van der Waals surface area (Å²) in [6.07, 6.45) is 10.5. The van der Waals surface area contributed by atoms with Crippen LogP contribution in [0.3, 0.4) is 0 Å². The first-order valence-corrected chi connectivity index (χ1v) is 7.26. The van der Waals surface area contributed by atoms with Gasteiger partial charge < -0.3 is 10.3 Å². The molecule has 0 radical (unpaired) electrons. The lowest BCUT2D eigenvalue weighted by Gasteiger charge is -2.38. The fraction of sp³-hybridized carbons (Fsp3) is 0.786. The monoisotopic (exact) mass is 248 g/mol. The van der Waals surface area contributed by atoms with Crippen LogP contribution in [-0.2, 0) is 6.54 Å². The van der Waals surface area contributed by atoms with Crippen molar-refractivity contribution in [3.05, 3.63) is 18.2 Å². The Hall–Kier alpha value is -0.870. The average molecular weight is 248 g/mol. The van der Waals surface area contributed by atoms with Crippen molar-refractivity contribution >= 4 is 0 Å². The Bertz CT molecular complexity index is 394. The van der Waals surface area contributed by atoms with Gasteiger partial charge in [-0.2, -0.15) is 0 Å². The Morgan fingerprint density at radius 2 is 2.22 bits per heavy atom. The molecule has 2 N–H and O–H groups in total. The summed E-state index contributed by atoms with van der Waals surface area (Å²) in [5.74, 6) is 0. The molecule has 0 aromatic carbocycles. The molecule has 1 saturated heterocycles. The van der Waals surface area contributed by atoms with Gasteiger partial charge in [0, 0.05) is 30.9 Å². The molecule has 100 valence electrons. The van der Waals surface area contributed by atoms with E-state index in [1.807, 2.05) is 12.5 Å². The molecule has 3 rings (SSSR count). The Balaban J connectivity index is 1.71. The minimum absolute atomic E-state index is 0.266. The van der Waals surface area contributed by atoms with E-state index in [1.54, 1.807) is 0 Å². The van der Waals surface area contributed by atoms with E-state index in [2.05, 4.69) is 21.4 Å². The van der Waals surface area contributed by atoms with Crippen LogP contribution >= 0.6 is 0 Å². The number of hydrogen-bond acceptors (Lipinski definition) is 3. The van der Waals surface area contributed by atoms with Gasteiger partial charge in [-0.15, -0.1) is 0 Å². The first-order valence-electron chi connectivity index (χ1n) is 7.26. The smallest absolute Gasteiger partial charge is 0.0951 e. The molecule has 2 unspecified atom stereocenters. The average Bonchev–Trinajstić information content (AvgIpc) is 3.11. The predicted octanol–water partition coefficient (Wildman–Crippen LogP) is 1.92. The highest BCUT2D eigenvalue weighted by Crippen LogP contribution is 2.36. The Morgan fingerprint density at radius 3 is 2.94 bits per heavy atom. The van der Waals surface area contributed by atoms with Crippen LogP contribution in [0.25, 0.3) is 0 Å². The molecule has 1 aromatic heterocycles. The van der Waals surface area contributed by atoms with E-state index in [4.69, 9.17) is 5.73 Å². The van der Waals surface area contributed by atoms with Crippen molar-refractivity contribution in [3.63, 3.8) is 0 Å². The lowest BCUT2D eigenvalue weighted by atomic mass is 9.97. The van der Waals surface area contributed by atoms with Crippen LogP contribution in [0.15, 0.2) is 12.5 Å². The maximum absolute atomic E-state index is 6.13. The molecule has 0 spiro atoms. The van der Waals surface area contributed by atoms with Crippen LogP contribution in [0, 0.1) is 0 Å². The second-order valence-electron chi connectivity index (χ2n) is 5.92. The van der Waals surface area contributed by atoms with Gasteiger partial charge in [-0.25, -0.2) is 4.98 Å². The molecule has 2 fully saturated rings. The molecule has 2 aliphatic rings. The van der Waals surface area contributed by atoms with Crippen LogP contribution in [-0.4, -0.2) is 33.1 Å². The molecule has 4 heteroatoms. The number of aromatic nitrogens is 2. The summed E-state index contributed by atoms with van der Waals surface area (Å²) in [4.78, 5) is 6.88. The molecule has 2 heterocycles. The van der Waals surface area contributed by atoms with Crippen molar-refractivity contribution in [2.45, 2.75) is 63.7 Å². The largest absolute Gasteiger partial charge is 0.330 e. The molecule has 18 heavy (non-hydrogen) atoms. The molecule has 1 saturated carbocycles. The van der Waals surface area contributed by atoms with Gasteiger partial charge in [0.1, 0.15) is 0 Å². The highest BCUT2D eigenvalue weighted by molar-refractivity contribution is 5.04. The molecule has 0 bridgehead atoms. The SMILES string of the molecule is CC(N)C1CCCCN1Cc1cncn1C1CC1. The molecule has 2 atom stereocenters. The summed E-state index contributed by atoms with van der Waals surface area (Å²) >= 11 is 0. The number of hydrogen-bond donors (Lipinski definition) is 1. The zero-order chi connectivity index (χ0) is 12.5. The van der Waals surface area contributed by atoms with Crippen molar-refractivity contribution < 1.29 is 0 Å². The minimum Gasteiger partial charge on any atom is -0.330 e. The number of likely N-dealkylation sites (tertiary alicyclic amines) is 1. The summed E-state index contributed by atoms with van der Waals surface area (Å²) < 4.78 is 2.37. The second-order valence-corrected chi connectivity index (χ2v) is 5.92. The van der Waals surface area contributed by atoms with Crippen LogP contribution in [0.1, 0.15) is 50.8 Å². The van der Waals surface area contributed by atoms with Crippen LogP contribution < -0.4 is 5.73 Å². The Labute approximate surface area is 109 Å². The van der Waals surface area contributed by atoms with E-state index < -0.39 is 0 Å². The van der Waals surface area contributed by atoms with E-state index in [0.717, 1.165) is 12.6 Å². The van der Waals surface area contributed by atoms with Crippen molar-refractivity contribution in [3.8, 4) is 0 Å². The third kappa shape index (κ3) is 2.45. The number of imidazole rings is 1. The Morgan fingerprint density at radius 1 is 1.39 bits per heavy atom. The molecule has 1 aliphatic carbocycles. The first kappa shape index (κ1) is 12.2. The third-order valence-corrected chi connectivity index (χ3v) is 4.32. The number of nitrogens with two attached hydrogens (primary N) is 1. The van der Waals surface area contributed by atoms with E-state index in [9.17, 15) is 0 Å². The fourth-order valence-corrected chi connectivity index (χ4v) is 3.15. The van der Waals surface area contributed by atoms with Crippen LogP contribution in [0.5, 0.6) is 0 Å². The first-order chi connectivity index (χ1) is 8.75. The van der Waals surface area contributed by atoms with E-state index in [1.165, 1.54) is 44.3 Å². The molecule has 1 aliphatic heterocycles. The zero-order valence-electron chi connectivity index (χ0n) is 11.3. The lowest BCUT2D eigenvalue weighted by Crippen LogP contribution is -2.48. The van der Waals surface area contributed by atoms with E-state index in [0.29, 0.717) is 6.04 Å². The van der Waals surface area contributed by atoms with Gasteiger partial charge in [0.2, 0.25) is 0 Å². The normalized spacial score (nSPS) is 27.3. The number of rotatable bonds is 4. The van der Waals surface area contributed by atoms with Crippen molar-refractivity contribution in [1.82, 2.24) is 14.5 Å². The minimum atomic E-state index is 0.266. The van der Waals surface area contributed by atoms with Gasteiger partial charge in [0.25, 0.3) is 0 Å². The highest BCUT2D eigenvalue weighted by Gasteiger charge is 2.29. The highest BCUT2D eigenvalue weighted by atomic mass is 15.2. The van der Waals surface area contributed by atoms with Gasteiger partial charge in [0.05, 0.1) is 12.0 Å². The van der Waals surface area contributed by atoms with Gasteiger partial charge in [-0.3, -0.25) is 4.90 Å². The summed E-state index contributed by atoms with van der Waals surface area (Å²) in [6, 6.07) is 1.53. The third-order valence-electron chi connectivity index (χ3n) is 4.32. The van der Waals surface area contributed by atoms with Gasteiger partial charge in [0.15, 0.2) is 0 Å². The Kier molecular flexibility index (Phi) is 3.39. The van der Waals surface area contributed by atoms with Gasteiger partial charge >= 0.3 is 0 Å². The molecule has 1 aromatic rings. The molecular formula is C14H24N4. The topological polar surface area (TPSA) is 47.1 Å². The quantitative estimate of drug-likeness (QED) is 0.885. The predicted molar refractivity (Wildman–Crippen MR) is 72.2 cm³/mol. The van der Waals surface area contributed by atoms with E-state index >= 15 is 0 Å².